The Morgan fingerprint density at radius 1 is 1.23 bits per heavy atom. The summed E-state index contributed by atoms with van der Waals surface area (Å²) < 4.78 is 5.82. The number of nitriles is 1. The summed E-state index contributed by atoms with van der Waals surface area (Å²) >= 11 is 0. The van der Waals surface area contributed by atoms with Gasteiger partial charge in [0.15, 0.2) is 0 Å². The topological polar surface area (TPSA) is 53.3 Å². The standard InChI is InChI=1S/C18H22N2O2/c19-14-18(9-5-2-6-10-18)17(21)20-11-12-22-16(13-20)15-7-3-1-4-8-15/h1,3-4,7-8,16H,2,5-6,9-13H2/t16-/m0/s1. The maximum Gasteiger partial charge on any atom is 0.243 e. The highest BCUT2D eigenvalue weighted by atomic mass is 16.5. The van der Waals surface area contributed by atoms with Crippen molar-refractivity contribution in [1.82, 2.24) is 4.90 Å². The van der Waals surface area contributed by atoms with E-state index in [4.69, 9.17) is 4.74 Å². The first-order chi connectivity index (χ1) is 10.7. The lowest BCUT2D eigenvalue weighted by atomic mass is 9.74. The third-order valence-electron chi connectivity index (χ3n) is 4.86. The first-order valence-electron chi connectivity index (χ1n) is 8.12. The van der Waals surface area contributed by atoms with E-state index < -0.39 is 5.41 Å². The van der Waals surface area contributed by atoms with E-state index in [1.54, 1.807) is 0 Å². The molecule has 2 aliphatic rings. The molecule has 116 valence electrons. The maximum absolute atomic E-state index is 12.9. The van der Waals surface area contributed by atoms with Gasteiger partial charge in [-0.1, -0.05) is 49.6 Å². The largest absolute Gasteiger partial charge is 0.370 e. The number of rotatable bonds is 2. The molecule has 1 heterocycles. The Bertz CT molecular complexity index is 558. The van der Waals surface area contributed by atoms with Gasteiger partial charge in [-0.15, -0.1) is 0 Å². The van der Waals surface area contributed by atoms with Gasteiger partial charge in [-0.25, -0.2) is 0 Å². The minimum atomic E-state index is -0.795. The van der Waals surface area contributed by atoms with E-state index >= 15 is 0 Å². The Morgan fingerprint density at radius 3 is 2.64 bits per heavy atom. The number of hydrogen-bond acceptors (Lipinski definition) is 3. The normalized spacial score (nSPS) is 24.5. The molecule has 0 unspecified atom stereocenters. The van der Waals surface area contributed by atoms with Crippen LogP contribution in [0.25, 0.3) is 0 Å². The molecule has 4 nitrogen and oxygen atoms in total. The highest BCUT2D eigenvalue weighted by Gasteiger charge is 2.43. The van der Waals surface area contributed by atoms with Gasteiger partial charge in [-0.2, -0.15) is 5.26 Å². The van der Waals surface area contributed by atoms with Crippen LogP contribution in [0, 0.1) is 16.7 Å². The van der Waals surface area contributed by atoms with Crippen LogP contribution in [-0.4, -0.2) is 30.5 Å². The molecule has 22 heavy (non-hydrogen) atoms. The van der Waals surface area contributed by atoms with Crippen LogP contribution in [0.5, 0.6) is 0 Å². The van der Waals surface area contributed by atoms with Crippen LogP contribution < -0.4 is 0 Å². The van der Waals surface area contributed by atoms with E-state index in [9.17, 15) is 10.1 Å². The molecule has 1 aromatic rings. The van der Waals surface area contributed by atoms with Crippen molar-refractivity contribution >= 4 is 5.91 Å². The number of morpholine rings is 1. The van der Waals surface area contributed by atoms with E-state index in [1.807, 2.05) is 35.2 Å². The van der Waals surface area contributed by atoms with Crippen molar-refractivity contribution in [2.75, 3.05) is 19.7 Å². The van der Waals surface area contributed by atoms with E-state index in [-0.39, 0.29) is 12.0 Å². The maximum atomic E-state index is 12.9. The Kier molecular flexibility index (Phi) is 4.44. The summed E-state index contributed by atoms with van der Waals surface area (Å²) in [7, 11) is 0. The van der Waals surface area contributed by atoms with E-state index in [1.165, 1.54) is 0 Å². The van der Waals surface area contributed by atoms with E-state index in [0.29, 0.717) is 32.5 Å². The molecular formula is C18H22N2O2. The van der Waals surface area contributed by atoms with E-state index in [2.05, 4.69) is 6.07 Å². The third-order valence-corrected chi connectivity index (χ3v) is 4.86. The third kappa shape index (κ3) is 2.86. The zero-order valence-electron chi connectivity index (χ0n) is 12.8. The fourth-order valence-electron chi connectivity index (χ4n) is 3.53. The van der Waals surface area contributed by atoms with Gasteiger partial charge in [0, 0.05) is 6.54 Å². The smallest absolute Gasteiger partial charge is 0.243 e. The van der Waals surface area contributed by atoms with Gasteiger partial charge in [0.05, 0.1) is 19.2 Å². The highest BCUT2D eigenvalue weighted by Crippen LogP contribution is 2.38. The van der Waals surface area contributed by atoms with Crippen LogP contribution in [-0.2, 0) is 9.53 Å². The molecule has 0 N–H and O–H groups in total. The Labute approximate surface area is 131 Å². The molecule has 0 bridgehead atoms. The number of carbonyl (C=O) groups is 1. The average molecular weight is 298 g/mol. The summed E-state index contributed by atoms with van der Waals surface area (Å²) in [5.41, 5.74) is 0.297. The fraction of sp³-hybridized carbons (Fsp3) is 0.556. The molecule has 3 rings (SSSR count). The molecule has 1 amide bonds. The predicted molar refractivity (Wildman–Crippen MR) is 82.8 cm³/mol. The number of amides is 1. The summed E-state index contributed by atoms with van der Waals surface area (Å²) in [4.78, 5) is 14.8. The molecule has 1 aliphatic carbocycles. The number of ether oxygens (including phenoxy) is 1. The van der Waals surface area contributed by atoms with Gasteiger partial charge >= 0.3 is 0 Å². The molecule has 0 spiro atoms. The Balaban J connectivity index is 1.74. The van der Waals surface area contributed by atoms with Crippen molar-refractivity contribution in [1.29, 1.82) is 5.26 Å². The zero-order chi connectivity index (χ0) is 15.4. The molecular weight excluding hydrogens is 276 g/mol. The molecule has 0 aromatic heterocycles. The van der Waals surface area contributed by atoms with Crippen LogP contribution >= 0.6 is 0 Å². The van der Waals surface area contributed by atoms with Crippen molar-refractivity contribution in [2.24, 2.45) is 5.41 Å². The van der Waals surface area contributed by atoms with Gasteiger partial charge in [0.1, 0.15) is 11.5 Å². The summed E-state index contributed by atoms with van der Waals surface area (Å²) in [6.45, 7) is 1.67. The lowest BCUT2D eigenvalue weighted by Gasteiger charge is -2.39. The first kappa shape index (κ1) is 15.1. The second-order valence-electron chi connectivity index (χ2n) is 6.28. The molecule has 2 fully saturated rings. The van der Waals surface area contributed by atoms with Crippen molar-refractivity contribution in [3.63, 3.8) is 0 Å². The number of hydrogen-bond donors (Lipinski definition) is 0. The minimum absolute atomic E-state index is 0.0129. The molecule has 0 radical (unpaired) electrons. The lowest BCUT2D eigenvalue weighted by Crippen LogP contribution is -2.49. The van der Waals surface area contributed by atoms with Gasteiger partial charge in [0.2, 0.25) is 5.91 Å². The summed E-state index contributed by atoms with van der Waals surface area (Å²) in [5.74, 6) is 0.0129. The van der Waals surface area contributed by atoms with Crippen LogP contribution in [0.4, 0.5) is 0 Å². The van der Waals surface area contributed by atoms with E-state index in [0.717, 1.165) is 24.8 Å². The van der Waals surface area contributed by atoms with Crippen LogP contribution in [0.1, 0.15) is 43.8 Å². The number of nitrogens with zero attached hydrogens (tertiary/aromatic N) is 2. The van der Waals surface area contributed by atoms with Crippen molar-refractivity contribution < 1.29 is 9.53 Å². The summed E-state index contributed by atoms with van der Waals surface area (Å²) in [5, 5.41) is 9.60. The predicted octanol–water partition coefficient (Wildman–Crippen LogP) is 3.06. The molecule has 1 aliphatic heterocycles. The van der Waals surface area contributed by atoms with Crippen LogP contribution in [0.3, 0.4) is 0 Å². The minimum Gasteiger partial charge on any atom is -0.370 e. The van der Waals surface area contributed by atoms with Gasteiger partial charge in [-0.3, -0.25) is 4.79 Å². The second kappa shape index (κ2) is 6.50. The van der Waals surface area contributed by atoms with Crippen LogP contribution in [0.15, 0.2) is 30.3 Å². The van der Waals surface area contributed by atoms with Gasteiger partial charge in [0.25, 0.3) is 0 Å². The first-order valence-corrected chi connectivity index (χ1v) is 8.12. The molecule has 1 aromatic carbocycles. The molecule has 1 saturated carbocycles. The second-order valence-corrected chi connectivity index (χ2v) is 6.28. The Hall–Kier alpha value is -1.86. The SMILES string of the molecule is N#CC1(C(=O)N2CCO[C@H](c3ccccc3)C2)CCCCC1. The number of benzene rings is 1. The lowest BCUT2D eigenvalue weighted by molar-refractivity contribution is -0.148. The van der Waals surface area contributed by atoms with Gasteiger partial charge in [-0.05, 0) is 18.4 Å². The highest BCUT2D eigenvalue weighted by molar-refractivity contribution is 5.85. The summed E-state index contributed by atoms with van der Waals surface area (Å²) in [6.07, 6.45) is 4.41. The molecule has 1 atom stereocenters. The van der Waals surface area contributed by atoms with Crippen LogP contribution in [0.2, 0.25) is 0 Å². The quantitative estimate of drug-likeness (QED) is 0.843. The zero-order valence-corrected chi connectivity index (χ0v) is 12.8. The van der Waals surface area contributed by atoms with Crippen molar-refractivity contribution in [3.8, 4) is 6.07 Å². The number of carbonyl (C=O) groups excluding carboxylic acids is 1. The van der Waals surface area contributed by atoms with Crippen molar-refractivity contribution in [3.05, 3.63) is 35.9 Å². The molecule has 4 heteroatoms. The molecule has 1 saturated heterocycles. The monoisotopic (exact) mass is 298 g/mol. The van der Waals surface area contributed by atoms with Crippen molar-refractivity contribution in [2.45, 2.75) is 38.2 Å². The fourth-order valence-corrected chi connectivity index (χ4v) is 3.53. The Morgan fingerprint density at radius 2 is 1.95 bits per heavy atom. The summed E-state index contributed by atoms with van der Waals surface area (Å²) in [6, 6.07) is 12.3. The van der Waals surface area contributed by atoms with Gasteiger partial charge < -0.3 is 9.64 Å². The average Bonchev–Trinajstić information content (AvgIpc) is 2.62.